The average Bonchev–Trinajstić information content (AvgIpc) is 2.75. The first-order chi connectivity index (χ1) is 13.2. The quantitative estimate of drug-likeness (QED) is 0.385. The molecule has 0 aliphatic rings. The molecule has 0 saturated heterocycles. The average molecular weight is 374 g/mol. The van der Waals surface area contributed by atoms with Crippen molar-refractivity contribution in [2.24, 2.45) is 0 Å². The molecule has 0 saturated carbocycles. The van der Waals surface area contributed by atoms with Gasteiger partial charge in [-0.1, -0.05) is 103 Å². The van der Waals surface area contributed by atoms with Gasteiger partial charge in [0.2, 0.25) is 0 Å². The Hall–Kier alpha value is -2.83. The molecule has 0 amide bonds. The second-order valence-electron chi connectivity index (χ2n) is 6.22. The molecule has 3 rings (SSSR count). The van der Waals surface area contributed by atoms with Crippen LogP contribution < -0.4 is 15.9 Å². The molecule has 0 unspecified atom stereocenters. The van der Waals surface area contributed by atoms with Gasteiger partial charge in [-0.15, -0.1) is 0 Å². The molecule has 136 valence electrons. The number of rotatable bonds is 5. The van der Waals surface area contributed by atoms with Crippen LogP contribution in [0.4, 0.5) is 0 Å². The van der Waals surface area contributed by atoms with Crippen LogP contribution in [0.15, 0.2) is 103 Å². The van der Waals surface area contributed by atoms with Gasteiger partial charge in [0.15, 0.2) is 0 Å². The minimum Gasteiger partial charge on any atom is -0.466 e. The van der Waals surface area contributed by atoms with E-state index in [1.807, 2.05) is 24.3 Å². The van der Waals surface area contributed by atoms with Crippen molar-refractivity contribution in [2.45, 2.75) is 6.92 Å². The molecular formula is C24H23O2P. The van der Waals surface area contributed by atoms with Crippen LogP contribution in [0.3, 0.4) is 0 Å². The van der Waals surface area contributed by atoms with Crippen LogP contribution in [0, 0.1) is 0 Å². The number of ether oxygens (including phenoxy) is 1. The molecule has 2 nitrogen and oxygen atoms in total. The predicted molar refractivity (Wildman–Crippen MR) is 117 cm³/mol. The smallest absolute Gasteiger partial charge is 0.333 e. The Labute approximate surface area is 161 Å². The number of allylic oxidation sites excluding steroid dienone is 1. The number of hydrogen-bond acceptors (Lipinski definition) is 2. The van der Waals surface area contributed by atoms with E-state index in [0.29, 0.717) is 5.57 Å². The lowest BCUT2D eigenvalue weighted by molar-refractivity contribution is -0.136. The molecule has 0 atom stereocenters. The van der Waals surface area contributed by atoms with Crippen molar-refractivity contribution in [3.8, 4) is 0 Å². The van der Waals surface area contributed by atoms with E-state index in [-0.39, 0.29) is 5.97 Å². The molecule has 0 radical (unpaired) electrons. The monoisotopic (exact) mass is 374 g/mol. The zero-order valence-corrected chi connectivity index (χ0v) is 16.5. The summed E-state index contributed by atoms with van der Waals surface area (Å²) >= 11 is 0. The Balaban J connectivity index is 2.38. The molecule has 3 heteroatoms. The lowest BCUT2D eigenvalue weighted by Crippen LogP contribution is -2.26. The molecule has 0 fully saturated rings. The molecule has 0 aliphatic heterocycles. The van der Waals surface area contributed by atoms with E-state index in [4.69, 9.17) is 4.74 Å². The van der Waals surface area contributed by atoms with E-state index in [0.717, 1.165) is 0 Å². The summed E-state index contributed by atoms with van der Waals surface area (Å²) in [7, 11) is 1.41. The van der Waals surface area contributed by atoms with Gasteiger partial charge < -0.3 is 4.74 Å². The van der Waals surface area contributed by atoms with Crippen LogP contribution in [0.2, 0.25) is 0 Å². The van der Waals surface area contributed by atoms with Crippen molar-refractivity contribution in [2.75, 3.05) is 7.11 Å². The molecule has 0 bridgehead atoms. The highest BCUT2D eigenvalue weighted by atomic mass is 31.2. The van der Waals surface area contributed by atoms with Crippen LogP contribution in [-0.2, 0) is 9.53 Å². The summed E-state index contributed by atoms with van der Waals surface area (Å²) in [4.78, 5) is 11.9. The van der Waals surface area contributed by atoms with Gasteiger partial charge in [-0.05, 0) is 29.7 Å². The lowest BCUT2D eigenvalue weighted by atomic mass is 10.3. The molecule has 0 spiro atoms. The molecule has 27 heavy (non-hydrogen) atoms. The Morgan fingerprint density at radius 2 is 1.11 bits per heavy atom. The van der Waals surface area contributed by atoms with Gasteiger partial charge in [-0.3, -0.25) is 0 Å². The van der Waals surface area contributed by atoms with Crippen molar-refractivity contribution >= 4 is 34.6 Å². The second kappa shape index (κ2) is 8.70. The van der Waals surface area contributed by atoms with Gasteiger partial charge >= 0.3 is 5.97 Å². The Kier molecular flexibility index (Phi) is 6.11. The first kappa shape index (κ1) is 18.9. The summed E-state index contributed by atoms with van der Waals surface area (Å²) < 4.78 is 4.88. The minimum atomic E-state index is -2.07. The van der Waals surface area contributed by atoms with Crippen molar-refractivity contribution in [3.05, 3.63) is 103 Å². The fraction of sp³-hybridized carbons (Fsp3) is 0.0833. The number of carbonyl (C=O) groups is 1. The minimum absolute atomic E-state index is 0.307. The summed E-state index contributed by atoms with van der Waals surface area (Å²) in [5.41, 5.74) is 0.588. The normalized spacial score (nSPS) is 11.7. The Morgan fingerprint density at radius 1 is 0.741 bits per heavy atom. The standard InChI is InChI=1S/C24H23O2P/c1-20(24(25)26-2)18-19-27(21-12-6-3-7-13-21,22-14-8-4-9-15-22)23-16-10-5-11-17-23/h3-19H,1-2H3. The van der Waals surface area contributed by atoms with Gasteiger partial charge in [-0.25, -0.2) is 4.79 Å². The second-order valence-corrected chi connectivity index (χ2v) is 9.51. The van der Waals surface area contributed by atoms with Gasteiger partial charge in [0, 0.05) is 5.57 Å². The number of methoxy groups -OCH3 is 1. The van der Waals surface area contributed by atoms with Gasteiger partial charge in [0.25, 0.3) is 0 Å². The highest BCUT2D eigenvalue weighted by molar-refractivity contribution is 7.94. The predicted octanol–water partition coefficient (Wildman–Crippen LogP) is 3.90. The third kappa shape index (κ3) is 3.97. The maximum absolute atomic E-state index is 11.9. The van der Waals surface area contributed by atoms with Gasteiger partial charge in [-0.2, -0.15) is 0 Å². The summed E-state index contributed by atoms with van der Waals surface area (Å²) in [6.45, 7) is -0.277. The Bertz CT molecular complexity index is 871. The van der Waals surface area contributed by atoms with E-state index >= 15 is 0 Å². The molecule has 0 heterocycles. The summed E-state index contributed by atoms with van der Waals surface area (Å²) in [5.74, 6) is 1.90. The molecular weight excluding hydrogens is 351 g/mol. The fourth-order valence-electron chi connectivity index (χ4n) is 3.15. The summed E-state index contributed by atoms with van der Waals surface area (Å²) in [5, 5.41) is 3.74. The Morgan fingerprint density at radius 3 is 1.44 bits per heavy atom. The number of esters is 1. The molecule has 0 aromatic heterocycles. The zero-order chi connectivity index (χ0) is 19.1. The summed E-state index contributed by atoms with van der Waals surface area (Å²) in [6, 6.07) is 31.5. The zero-order valence-electron chi connectivity index (χ0n) is 15.6. The lowest BCUT2D eigenvalue weighted by Gasteiger charge is -2.28. The van der Waals surface area contributed by atoms with E-state index < -0.39 is 6.89 Å². The highest BCUT2D eigenvalue weighted by Gasteiger charge is 2.24. The van der Waals surface area contributed by atoms with Gasteiger partial charge in [0.1, 0.15) is 0 Å². The van der Waals surface area contributed by atoms with Crippen LogP contribution in [0.5, 0.6) is 0 Å². The van der Waals surface area contributed by atoms with Crippen LogP contribution >= 0.6 is 6.89 Å². The largest absolute Gasteiger partial charge is 0.466 e. The first-order valence-electron chi connectivity index (χ1n) is 8.85. The maximum Gasteiger partial charge on any atom is 0.333 e. The molecule has 3 aromatic carbocycles. The van der Waals surface area contributed by atoms with E-state index in [2.05, 4.69) is 78.6 Å². The number of hydrogen-bond donors (Lipinski definition) is 0. The third-order valence-electron chi connectivity index (χ3n) is 4.55. The number of carbonyl (C=O) groups excluding carboxylic acids is 1. The van der Waals surface area contributed by atoms with Crippen LogP contribution in [0.25, 0.3) is 0 Å². The van der Waals surface area contributed by atoms with E-state index in [9.17, 15) is 4.79 Å². The fourth-order valence-corrected chi connectivity index (χ4v) is 6.93. The number of benzene rings is 3. The van der Waals surface area contributed by atoms with E-state index in [1.165, 1.54) is 23.0 Å². The maximum atomic E-state index is 11.9. The SMILES string of the molecule is COC(=O)C(C)=CC=P(c1ccccc1)(c1ccccc1)c1ccccc1. The van der Waals surface area contributed by atoms with Crippen molar-refractivity contribution < 1.29 is 9.53 Å². The van der Waals surface area contributed by atoms with Crippen molar-refractivity contribution in [1.82, 2.24) is 0 Å². The summed E-state index contributed by atoms with van der Waals surface area (Å²) in [6.07, 6.45) is 1.91. The first-order valence-corrected chi connectivity index (χ1v) is 10.7. The van der Waals surface area contributed by atoms with Crippen molar-refractivity contribution in [3.63, 3.8) is 0 Å². The van der Waals surface area contributed by atoms with E-state index in [1.54, 1.807) is 6.92 Å². The van der Waals surface area contributed by atoms with Gasteiger partial charge in [0.05, 0.1) is 7.11 Å². The molecule has 0 aliphatic carbocycles. The third-order valence-corrected chi connectivity index (χ3v) is 8.48. The van der Waals surface area contributed by atoms with Crippen LogP contribution in [-0.4, -0.2) is 18.9 Å². The van der Waals surface area contributed by atoms with Crippen LogP contribution in [0.1, 0.15) is 6.92 Å². The van der Waals surface area contributed by atoms with Crippen molar-refractivity contribution in [1.29, 1.82) is 0 Å². The topological polar surface area (TPSA) is 26.3 Å². The molecule has 3 aromatic rings. The molecule has 0 N–H and O–H groups in total. The highest BCUT2D eigenvalue weighted by Crippen LogP contribution is 2.43.